The van der Waals surface area contributed by atoms with Gasteiger partial charge >= 0.3 is 0 Å². The molecule has 0 radical (unpaired) electrons. The van der Waals surface area contributed by atoms with Crippen molar-refractivity contribution in [1.82, 2.24) is 0 Å². The van der Waals surface area contributed by atoms with E-state index in [2.05, 4.69) is 6.92 Å². The largest absolute Gasteiger partial charge is 0.390 e. The molecule has 12 heavy (non-hydrogen) atoms. The predicted octanol–water partition coefficient (Wildman–Crippen LogP) is 0.763. The molecule has 0 aliphatic carbocycles. The quantitative estimate of drug-likeness (QED) is 0.579. The summed E-state index contributed by atoms with van der Waals surface area (Å²) in [4.78, 5) is 0. The number of ether oxygens (including phenoxy) is 2. The van der Waals surface area contributed by atoms with Crippen LogP contribution in [0.2, 0.25) is 0 Å². The molecule has 0 saturated heterocycles. The maximum atomic E-state index is 9.29. The molecule has 3 nitrogen and oxygen atoms in total. The molecule has 0 rings (SSSR count). The third kappa shape index (κ3) is 8.33. The minimum Gasteiger partial charge on any atom is -0.390 e. The minimum absolute atomic E-state index is 0.341. The molecular weight excluding hydrogens is 176 g/mol. The van der Waals surface area contributed by atoms with Crippen molar-refractivity contribution in [3.05, 3.63) is 0 Å². The van der Waals surface area contributed by atoms with Gasteiger partial charge in [-0.3, -0.25) is 0 Å². The molecule has 4 heteroatoms. The van der Waals surface area contributed by atoms with Gasteiger partial charge in [-0.05, 0) is 5.75 Å². The fourth-order valence-corrected chi connectivity index (χ4v) is 1.27. The first-order chi connectivity index (χ1) is 5.81. The van der Waals surface area contributed by atoms with Crippen LogP contribution in [0, 0.1) is 0 Å². The average Bonchev–Trinajstić information content (AvgIpc) is 2.09. The second-order valence-electron chi connectivity index (χ2n) is 2.38. The summed E-state index contributed by atoms with van der Waals surface area (Å²) < 4.78 is 9.94. The lowest BCUT2D eigenvalue weighted by Crippen LogP contribution is -2.19. The van der Waals surface area contributed by atoms with Crippen LogP contribution in [0.3, 0.4) is 0 Å². The van der Waals surface area contributed by atoms with Crippen molar-refractivity contribution >= 4 is 11.8 Å². The van der Waals surface area contributed by atoms with Gasteiger partial charge in [0.15, 0.2) is 0 Å². The Morgan fingerprint density at radius 2 is 2.17 bits per heavy atom. The van der Waals surface area contributed by atoms with Crippen molar-refractivity contribution in [2.24, 2.45) is 0 Å². The molecule has 1 atom stereocenters. The van der Waals surface area contributed by atoms with Crippen LogP contribution in [0.25, 0.3) is 0 Å². The Bertz CT molecular complexity index is 90.4. The van der Waals surface area contributed by atoms with Crippen LogP contribution < -0.4 is 0 Å². The Kier molecular flexibility index (Phi) is 9.50. The van der Waals surface area contributed by atoms with E-state index in [9.17, 15) is 5.11 Å². The third-order valence-corrected chi connectivity index (χ3v) is 2.29. The molecule has 0 aliphatic heterocycles. The zero-order chi connectivity index (χ0) is 9.23. The maximum absolute atomic E-state index is 9.29. The molecule has 0 aromatic carbocycles. The number of rotatable bonds is 8. The highest BCUT2D eigenvalue weighted by atomic mass is 32.2. The molecule has 0 bridgehead atoms. The van der Waals surface area contributed by atoms with Crippen LogP contribution >= 0.6 is 11.8 Å². The summed E-state index contributed by atoms with van der Waals surface area (Å²) in [6.45, 7) is 3.64. The molecule has 0 spiro atoms. The molecule has 74 valence electrons. The Balaban J connectivity index is 3.02. The summed E-state index contributed by atoms with van der Waals surface area (Å²) in [7, 11) is 1.63. The topological polar surface area (TPSA) is 38.7 Å². The zero-order valence-electron chi connectivity index (χ0n) is 7.78. The number of hydrogen-bond acceptors (Lipinski definition) is 4. The number of aliphatic hydroxyl groups excluding tert-OH is 1. The lowest BCUT2D eigenvalue weighted by Gasteiger charge is -2.09. The van der Waals surface area contributed by atoms with Crippen molar-refractivity contribution in [1.29, 1.82) is 0 Å². The van der Waals surface area contributed by atoms with Gasteiger partial charge in [-0.25, -0.2) is 0 Å². The Morgan fingerprint density at radius 3 is 2.75 bits per heavy atom. The van der Waals surface area contributed by atoms with E-state index in [0.29, 0.717) is 19.8 Å². The van der Waals surface area contributed by atoms with E-state index in [1.54, 1.807) is 18.9 Å². The van der Waals surface area contributed by atoms with E-state index in [-0.39, 0.29) is 6.10 Å². The molecule has 0 aromatic rings. The van der Waals surface area contributed by atoms with Gasteiger partial charge in [-0.1, -0.05) is 6.92 Å². The molecule has 1 unspecified atom stereocenters. The molecule has 0 aromatic heterocycles. The van der Waals surface area contributed by atoms with Gasteiger partial charge in [0, 0.05) is 12.9 Å². The molecule has 0 heterocycles. The highest BCUT2D eigenvalue weighted by molar-refractivity contribution is 7.99. The molecule has 0 amide bonds. The molecular formula is C8H18O3S. The fraction of sp³-hybridized carbons (Fsp3) is 1.00. The number of methoxy groups -OCH3 is 1. The van der Waals surface area contributed by atoms with Crippen molar-refractivity contribution < 1.29 is 14.6 Å². The standard InChI is InChI=1S/C8H18O3S/c1-3-12-7-8(9)6-11-5-4-10-2/h8-9H,3-7H2,1-2H3. The SMILES string of the molecule is CCSCC(O)COCCOC. The van der Waals surface area contributed by atoms with E-state index in [1.165, 1.54) is 0 Å². The van der Waals surface area contributed by atoms with Crippen LogP contribution in [0.4, 0.5) is 0 Å². The third-order valence-electron chi connectivity index (χ3n) is 1.26. The first-order valence-corrected chi connectivity index (χ1v) is 5.29. The van der Waals surface area contributed by atoms with Crippen LogP contribution in [0.1, 0.15) is 6.92 Å². The normalized spacial score (nSPS) is 13.2. The van der Waals surface area contributed by atoms with Crippen molar-refractivity contribution in [3.63, 3.8) is 0 Å². The summed E-state index contributed by atoms with van der Waals surface area (Å²) in [5.41, 5.74) is 0. The number of thioether (sulfide) groups is 1. The number of hydrogen-bond donors (Lipinski definition) is 1. The smallest absolute Gasteiger partial charge is 0.0863 e. The van der Waals surface area contributed by atoms with Crippen molar-refractivity contribution in [2.75, 3.05) is 38.4 Å². The van der Waals surface area contributed by atoms with Gasteiger partial charge in [0.2, 0.25) is 0 Å². The Labute approximate surface area is 78.4 Å². The summed E-state index contributed by atoms with van der Waals surface area (Å²) in [6.07, 6.45) is -0.341. The lowest BCUT2D eigenvalue weighted by atomic mass is 10.4. The van der Waals surface area contributed by atoms with E-state index in [0.717, 1.165) is 11.5 Å². The van der Waals surface area contributed by atoms with E-state index in [4.69, 9.17) is 9.47 Å². The van der Waals surface area contributed by atoms with E-state index >= 15 is 0 Å². The summed E-state index contributed by atoms with van der Waals surface area (Å²) >= 11 is 1.72. The maximum Gasteiger partial charge on any atom is 0.0863 e. The highest BCUT2D eigenvalue weighted by Crippen LogP contribution is 2.01. The van der Waals surface area contributed by atoms with Gasteiger partial charge in [0.25, 0.3) is 0 Å². The van der Waals surface area contributed by atoms with E-state index < -0.39 is 0 Å². The van der Waals surface area contributed by atoms with Gasteiger partial charge in [-0.15, -0.1) is 0 Å². The Morgan fingerprint density at radius 1 is 1.42 bits per heavy atom. The molecule has 0 fully saturated rings. The number of aliphatic hydroxyl groups is 1. The fourth-order valence-electron chi connectivity index (χ4n) is 0.664. The zero-order valence-corrected chi connectivity index (χ0v) is 8.60. The highest BCUT2D eigenvalue weighted by Gasteiger charge is 2.02. The lowest BCUT2D eigenvalue weighted by molar-refractivity contribution is 0.0218. The molecule has 0 saturated carbocycles. The first-order valence-electron chi connectivity index (χ1n) is 4.13. The van der Waals surface area contributed by atoms with Crippen molar-refractivity contribution in [3.8, 4) is 0 Å². The monoisotopic (exact) mass is 194 g/mol. The minimum atomic E-state index is -0.341. The van der Waals surface area contributed by atoms with Gasteiger partial charge in [0.05, 0.1) is 25.9 Å². The average molecular weight is 194 g/mol. The van der Waals surface area contributed by atoms with Crippen LogP contribution in [0.5, 0.6) is 0 Å². The second-order valence-corrected chi connectivity index (χ2v) is 3.70. The van der Waals surface area contributed by atoms with Crippen LogP contribution in [-0.4, -0.2) is 49.6 Å². The predicted molar refractivity (Wildman–Crippen MR) is 51.7 cm³/mol. The van der Waals surface area contributed by atoms with Gasteiger partial charge in [0.1, 0.15) is 0 Å². The van der Waals surface area contributed by atoms with Gasteiger partial charge in [-0.2, -0.15) is 11.8 Å². The first kappa shape index (κ1) is 12.2. The summed E-state index contributed by atoms with van der Waals surface area (Å²) in [6, 6.07) is 0. The molecule has 0 aliphatic rings. The Hall–Kier alpha value is 0.230. The van der Waals surface area contributed by atoms with Gasteiger partial charge < -0.3 is 14.6 Å². The van der Waals surface area contributed by atoms with Crippen LogP contribution in [-0.2, 0) is 9.47 Å². The van der Waals surface area contributed by atoms with Crippen LogP contribution in [0.15, 0.2) is 0 Å². The summed E-state index contributed by atoms with van der Waals surface area (Å²) in [5.74, 6) is 1.79. The van der Waals surface area contributed by atoms with E-state index in [1.807, 2.05) is 0 Å². The summed E-state index contributed by atoms with van der Waals surface area (Å²) in [5, 5.41) is 9.29. The molecule has 1 N–H and O–H groups in total. The second kappa shape index (κ2) is 9.32. The van der Waals surface area contributed by atoms with Crippen molar-refractivity contribution in [2.45, 2.75) is 13.0 Å².